The third-order valence-electron chi connectivity index (χ3n) is 3.23. The molecule has 0 aliphatic rings. The fourth-order valence-corrected chi connectivity index (χ4v) is 2.79. The first-order valence-corrected chi connectivity index (χ1v) is 8.22. The molecule has 1 aromatic heterocycles. The Morgan fingerprint density at radius 2 is 1.82 bits per heavy atom. The molecule has 0 aliphatic carbocycles. The maximum atomic E-state index is 11.7. The number of rotatable bonds is 7. The summed E-state index contributed by atoms with van der Waals surface area (Å²) >= 11 is 1.65. The summed E-state index contributed by atoms with van der Waals surface area (Å²) in [5.74, 6) is 0.00621. The van der Waals surface area contributed by atoms with Gasteiger partial charge in [-0.2, -0.15) is 11.3 Å². The van der Waals surface area contributed by atoms with Gasteiger partial charge >= 0.3 is 0 Å². The van der Waals surface area contributed by atoms with Crippen LogP contribution in [0.25, 0.3) is 0 Å². The Bertz CT molecular complexity index is 606. The second kappa shape index (κ2) is 8.34. The SMILES string of the molecule is CC(=O)Nc1ccc(CCNC(=O)CCc2ccsc2)cc1. The Labute approximate surface area is 134 Å². The van der Waals surface area contributed by atoms with Crippen LogP contribution < -0.4 is 10.6 Å². The van der Waals surface area contributed by atoms with Gasteiger partial charge in [-0.05, 0) is 52.9 Å². The predicted molar refractivity (Wildman–Crippen MR) is 90.1 cm³/mol. The van der Waals surface area contributed by atoms with Crippen molar-refractivity contribution in [2.75, 3.05) is 11.9 Å². The summed E-state index contributed by atoms with van der Waals surface area (Å²) in [4.78, 5) is 22.7. The van der Waals surface area contributed by atoms with Crippen molar-refractivity contribution < 1.29 is 9.59 Å². The minimum Gasteiger partial charge on any atom is -0.356 e. The number of amides is 2. The van der Waals surface area contributed by atoms with Crippen LogP contribution in [0.3, 0.4) is 0 Å². The number of anilines is 1. The fourth-order valence-electron chi connectivity index (χ4n) is 2.09. The van der Waals surface area contributed by atoms with Crippen molar-refractivity contribution in [1.29, 1.82) is 0 Å². The molecule has 0 fully saturated rings. The Hall–Kier alpha value is -2.14. The molecule has 22 heavy (non-hydrogen) atoms. The maximum absolute atomic E-state index is 11.7. The zero-order valence-electron chi connectivity index (χ0n) is 12.6. The number of thiophene rings is 1. The third kappa shape index (κ3) is 5.69. The van der Waals surface area contributed by atoms with E-state index in [4.69, 9.17) is 0 Å². The molecular weight excluding hydrogens is 296 g/mol. The van der Waals surface area contributed by atoms with Gasteiger partial charge in [0, 0.05) is 25.6 Å². The maximum Gasteiger partial charge on any atom is 0.221 e. The van der Waals surface area contributed by atoms with E-state index in [2.05, 4.69) is 22.1 Å². The van der Waals surface area contributed by atoms with E-state index in [0.717, 1.165) is 24.1 Å². The van der Waals surface area contributed by atoms with Crippen LogP contribution in [0.15, 0.2) is 41.1 Å². The number of hydrogen-bond donors (Lipinski definition) is 2. The van der Waals surface area contributed by atoms with E-state index in [-0.39, 0.29) is 11.8 Å². The molecule has 5 heteroatoms. The molecular formula is C17H20N2O2S. The lowest BCUT2D eigenvalue weighted by molar-refractivity contribution is -0.121. The molecule has 0 aliphatic heterocycles. The van der Waals surface area contributed by atoms with Crippen molar-refractivity contribution in [1.82, 2.24) is 5.32 Å². The molecule has 116 valence electrons. The van der Waals surface area contributed by atoms with E-state index in [1.54, 1.807) is 11.3 Å². The lowest BCUT2D eigenvalue weighted by Gasteiger charge is -2.06. The van der Waals surface area contributed by atoms with E-state index >= 15 is 0 Å². The molecule has 0 spiro atoms. The Morgan fingerprint density at radius 3 is 2.45 bits per heavy atom. The Balaban J connectivity index is 1.67. The highest BCUT2D eigenvalue weighted by Crippen LogP contribution is 2.10. The summed E-state index contributed by atoms with van der Waals surface area (Å²) in [6.45, 7) is 2.11. The summed E-state index contributed by atoms with van der Waals surface area (Å²) < 4.78 is 0. The second-order valence-corrected chi connectivity index (χ2v) is 5.89. The van der Waals surface area contributed by atoms with Crippen LogP contribution in [0.4, 0.5) is 5.69 Å². The Kier molecular flexibility index (Phi) is 6.15. The van der Waals surface area contributed by atoms with Crippen molar-refractivity contribution in [3.05, 3.63) is 52.2 Å². The highest BCUT2D eigenvalue weighted by molar-refractivity contribution is 7.07. The normalized spacial score (nSPS) is 10.2. The average Bonchev–Trinajstić information content (AvgIpc) is 3.00. The molecule has 0 radical (unpaired) electrons. The van der Waals surface area contributed by atoms with Gasteiger partial charge in [0.1, 0.15) is 0 Å². The highest BCUT2D eigenvalue weighted by atomic mass is 32.1. The van der Waals surface area contributed by atoms with E-state index in [9.17, 15) is 9.59 Å². The minimum absolute atomic E-state index is 0.0781. The Morgan fingerprint density at radius 1 is 1.05 bits per heavy atom. The van der Waals surface area contributed by atoms with Crippen molar-refractivity contribution in [3.63, 3.8) is 0 Å². The summed E-state index contributed by atoms with van der Waals surface area (Å²) in [5.41, 5.74) is 3.14. The molecule has 0 unspecified atom stereocenters. The summed E-state index contributed by atoms with van der Waals surface area (Å²) in [6, 6.07) is 9.71. The van der Waals surface area contributed by atoms with Gasteiger partial charge in [-0.25, -0.2) is 0 Å². The first-order chi connectivity index (χ1) is 10.6. The molecule has 2 N–H and O–H groups in total. The van der Waals surface area contributed by atoms with Crippen molar-refractivity contribution in [3.8, 4) is 0 Å². The van der Waals surface area contributed by atoms with Crippen LogP contribution in [-0.4, -0.2) is 18.4 Å². The third-order valence-corrected chi connectivity index (χ3v) is 3.96. The van der Waals surface area contributed by atoms with Crippen LogP contribution >= 0.6 is 11.3 Å². The summed E-state index contributed by atoms with van der Waals surface area (Å²) in [6.07, 6.45) is 2.10. The van der Waals surface area contributed by atoms with Gasteiger partial charge in [0.2, 0.25) is 11.8 Å². The van der Waals surface area contributed by atoms with E-state index < -0.39 is 0 Å². The number of carbonyl (C=O) groups excluding carboxylic acids is 2. The number of aryl methyl sites for hydroxylation is 1. The highest BCUT2D eigenvalue weighted by Gasteiger charge is 2.03. The molecule has 0 saturated heterocycles. The zero-order valence-corrected chi connectivity index (χ0v) is 13.4. The number of carbonyl (C=O) groups is 2. The van der Waals surface area contributed by atoms with E-state index in [0.29, 0.717) is 13.0 Å². The van der Waals surface area contributed by atoms with E-state index in [1.807, 2.05) is 29.6 Å². The van der Waals surface area contributed by atoms with Crippen LogP contribution in [0.5, 0.6) is 0 Å². The minimum atomic E-state index is -0.0781. The van der Waals surface area contributed by atoms with Crippen LogP contribution in [0.2, 0.25) is 0 Å². The largest absolute Gasteiger partial charge is 0.356 e. The second-order valence-electron chi connectivity index (χ2n) is 5.11. The number of hydrogen-bond acceptors (Lipinski definition) is 3. The molecule has 2 rings (SSSR count). The number of nitrogens with one attached hydrogen (secondary N) is 2. The van der Waals surface area contributed by atoms with Crippen LogP contribution in [-0.2, 0) is 22.4 Å². The van der Waals surface area contributed by atoms with Gasteiger partial charge in [-0.3, -0.25) is 9.59 Å². The molecule has 0 saturated carbocycles. The van der Waals surface area contributed by atoms with Crippen LogP contribution in [0.1, 0.15) is 24.5 Å². The molecule has 4 nitrogen and oxygen atoms in total. The topological polar surface area (TPSA) is 58.2 Å². The predicted octanol–water partition coefficient (Wildman–Crippen LogP) is 3.00. The first kappa shape index (κ1) is 16.2. The lowest BCUT2D eigenvalue weighted by atomic mass is 10.1. The molecule has 0 bridgehead atoms. The van der Waals surface area contributed by atoms with Crippen molar-refractivity contribution >= 4 is 28.8 Å². The smallest absolute Gasteiger partial charge is 0.221 e. The number of benzene rings is 1. The lowest BCUT2D eigenvalue weighted by Crippen LogP contribution is -2.25. The van der Waals surface area contributed by atoms with Gasteiger partial charge < -0.3 is 10.6 Å². The van der Waals surface area contributed by atoms with Crippen LogP contribution in [0, 0.1) is 0 Å². The standard InChI is InChI=1S/C17H20N2O2S/c1-13(20)19-16-5-2-14(3-6-16)8-10-18-17(21)7-4-15-9-11-22-12-15/h2-3,5-6,9,11-12H,4,7-8,10H2,1H3,(H,18,21)(H,19,20). The summed E-state index contributed by atoms with van der Waals surface area (Å²) in [7, 11) is 0. The quantitative estimate of drug-likeness (QED) is 0.825. The molecule has 2 aromatic rings. The van der Waals surface area contributed by atoms with Crippen molar-refractivity contribution in [2.45, 2.75) is 26.2 Å². The summed E-state index contributed by atoms with van der Waals surface area (Å²) in [5, 5.41) is 9.76. The zero-order chi connectivity index (χ0) is 15.8. The van der Waals surface area contributed by atoms with Gasteiger partial charge in [0.15, 0.2) is 0 Å². The monoisotopic (exact) mass is 316 g/mol. The fraction of sp³-hybridized carbons (Fsp3) is 0.294. The molecule has 1 heterocycles. The van der Waals surface area contributed by atoms with E-state index in [1.165, 1.54) is 12.5 Å². The van der Waals surface area contributed by atoms with Gasteiger partial charge in [-0.15, -0.1) is 0 Å². The average molecular weight is 316 g/mol. The molecule has 1 aromatic carbocycles. The van der Waals surface area contributed by atoms with Crippen molar-refractivity contribution in [2.24, 2.45) is 0 Å². The molecule has 0 atom stereocenters. The van der Waals surface area contributed by atoms with Gasteiger partial charge in [0.25, 0.3) is 0 Å². The molecule has 2 amide bonds. The first-order valence-electron chi connectivity index (χ1n) is 7.28. The van der Waals surface area contributed by atoms with Gasteiger partial charge in [-0.1, -0.05) is 12.1 Å². The van der Waals surface area contributed by atoms with Gasteiger partial charge in [0.05, 0.1) is 0 Å².